The number of aromatic nitrogens is 3. The van der Waals surface area contributed by atoms with Crippen LogP contribution in [0.2, 0.25) is 0 Å². The highest BCUT2D eigenvalue weighted by Crippen LogP contribution is 2.31. The van der Waals surface area contributed by atoms with Gasteiger partial charge in [-0.25, -0.2) is 9.67 Å². The summed E-state index contributed by atoms with van der Waals surface area (Å²) < 4.78 is 7.49. The van der Waals surface area contributed by atoms with Crippen LogP contribution in [0.1, 0.15) is 35.6 Å². The fraction of sp³-hybridized carbons (Fsp3) is 0.400. The molecule has 1 atom stereocenters. The van der Waals surface area contributed by atoms with Crippen LogP contribution in [0.3, 0.4) is 0 Å². The number of para-hydroxylation sites is 1. The molecule has 0 saturated carbocycles. The zero-order valence-electron chi connectivity index (χ0n) is 19.9. The molecule has 0 bridgehead atoms. The van der Waals surface area contributed by atoms with Crippen LogP contribution in [0.15, 0.2) is 66.2 Å². The van der Waals surface area contributed by atoms with Crippen LogP contribution in [0.25, 0.3) is 0 Å². The van der Waals surface area contributed by atoms with Gasteiger partial charge in [-0.2, -0.15) is 5.10 Å². The molecule has 0 amide bonds. The number of benzene rings is 2. The smallest absolute Gasteiger partial charge is 0.191 e. The van der Waals surface area contributed by atoms with Crippen molar-refractivity contribution in [2.24, 2.45) is 4.99 Å². The van der Waals surface area contributed by atoms with Gasteiger partial charge in [-0.1, -0.05) is 42.5 Å². The van der Waals surface area contributed by atoms with Crippen LogP contribution < -0.4 is 15.4 Å². The largest absolute Gasteiger partial charge is 0.496 e. The minimum absolute atomic E-state index is 0. The lowest BCUT2D eigenvalue weighted by molar-refractivity contribution is 0.239. The van der Waals surface area contributed by atoms with E-state index in [9.17, 15) is 0 Å². The number of hydrogen-bond donors (Lipinski definition) is 2. The second-order valence-electron chi connectivity index (χ2n) is 8.22. The first kappa shape index (κ1) is 26.0. The van der Waals surface area contributed by atoms with Crippen molar-refractivity contribution >= 4 is 29.9 Å². The van der Waals surface area contributed by atoms with Gasteiger partial charge in [-0.05, 0) is 43.1 Å². The molecule has 1 aliphatic heterocycles. The van der Waals surface area contributed by atoms with Crippen molar-refractivity contribution < 1.29 is 4.74 Å². The molecule has 1 aromatic heterocycles. The number of nitrogens with zero attached hydrogens (tertiary/aromatic N) is 5. The van der Waals surface area contributed by atoms with Crippen molar-refractivity contribution in [1.29, 1.82) is 0 Å². The first-order valence-corrected chi connectivity index (χ1v) is 11.5. The molecular weight excluding hydrogens is 541 g/mol. The Bertz CT molecular complexity index is 1040. The summed E-state index contributed by atoms with van der Waals surface area (Å²) >= 11 is 0. The second kappa shape index (κ2) is 13.3. The van der Waals surface area contributed by atoms with E-state index in [4.69, 9.17) is 4.74 Å². The lowest BCUT2D eigenvalue weighted by Crippen LogP contribution is -2.42. The fourth-order valence-corrected chi connectivity index (χ4v) is 4.37. The molecule has 3 aromatic rings. The minimum Gasteiger partial charge on any atom is -0.496 e. The van der Waals surface area contributed by atoms with Crippen molar-refractivity contribution in [2.45, 2.75) is 32.0 Å². The molecule has 1 aliphatic rings. The first-order chi connectivity index (χ1) is 16.3. The number of halogens is 1. The van der Waals surface area contributed by atoms with Crippen LogP contribution in [-0.4, -0.2) is 59.4 Å². The highest BCUT2D eigenvalue weighted by atomic mass is 127. The Morgan fingerprint density at radius 3 is 2.62 bits per heavy atom. The quantitative estimate of drug-likeness (QED) is 0.231. The van der Waals surface area contributed by atoms with E-state index in [0.717, 1.165) is 31.3 Å². The number of aliphatic imine (C=N–C) groups is 1. The summed E-state index contributed by atoms with van der Waals surface area (Å²) in [4.78, 5) is 11.0. The molecule has 182 valence electrons. The maximum absolute atomic E-state index is 5.66. The van der Waals surface area contributed by atoms with Gasteiger partial charge in [0.15, 0.2) is 5.96 Å². The van der Waals surface area contributed by atoms with Crippen LogP contribution in [0.5, 0.6) is 5.75 Å². The molecule has 0 radical (unpaired) electrons. The Hall–Kier alpha value is -2.66. The van der Waals surface area contributed by atoms with Crippen molar-refractivity contribution in [3.63, 3.8) is 0 Å². The maximum Gasteiger partial charge on any atom is 0.191 e. The topological polar surface area (TPSA) is 79.6 Å². The third-order valence-electron chi connectivity index (χ3n) is 6.03. The van der Waals surface area contributed by atoms with Gasteiger partial charge in [-0.3, -0.25) is 9.89 Å². The second-order valence-corrected chi connectivity index (χ2v) is 8.22. The Kier molecular flexibility index (Phi) is 10.1. The molecule has 2 N–H and O–H groups in total. The fourth-order valence-electron chi connectivity index (χ4n) is 4.37. The van der Waals surface area contributed by atoms with Gasteiger partial charge in [0.1, 0.15) is 18.4 Å². The van der Waals surface area contributed by atoms with Crippen LogP contribution >= 0.6 is 24.0 Å². The highest BCUT2D eigenvalue weighted by molar-refractivity contribution is 14.0. The van der Waals surface area contributed by atoms with Crippen LogP contribution in [-0.2, 0) is 13.1 Å². The summed E-state index contributed by atoms with van der Waals surface area (Å²) in [5.74, 6) is 1.72. The van der Waals surface area contributed by atoms with E-state index in [1.54, 1.807) is 19.8 Å². The highest BCUT2D eigenvalue weighted by Gasteiger charge is 2.26. The predicted molar refractivity (Wildman–Crippen MR) is 146 cm³/mol. The van der Waals surface area contributed by atoms with E-state index in [1.165, 1.54) is 29.5 Å². The Morgan fingerprint density at radius 1 is 1.09 bits per heavy atom. The standard InChI is InChI=1S/C25H33N7O.HI/c1-26-25(28-15-20-8-7-9-21(14-20)17-32-19-27-18-30-32)29-16-23(31-12-5-6-13-31)22-10-3-4-11-24(22)33-2;/h3-4,7-11,14,18-19,23H,5-6,12-13,15-17H2,1-2H3,(H2,26,28,29);1H. The van der Waals surface area contributed by atoms with Gasteiger partial charge in [0.25, 0.3) is 0 Å². The van der Waals surface area contributed by atoms with Gasteiger partial charge < -0.3 is 15.4 Å². The third-order valence-corrected chi connectivity index (χ3v) is 6.03. The monoisotopic (exact) mass is 575 g/mol. The number of hydrogen-bond acceptors (Lipinski definition) is 5. The zero-order chi connectivity index (χ0) is 22.9. The summed E-state index contributed by atoms with van der Waals surface area (Å²) in [6.07, 6.45) is 5.77. The number of nitrogens with one attached hydrogen (secondary N) is 2. The number of guanidine groups is 1. The van der Waals surface area contributed by atoms with E-state index in [0.29, 0.717) is 13.1 Å². The van der Waals surface area contributed by atoms with E-state index in [-0.39, 0.29) is 30.0 Å². The van der Waals surface area contributed by atoms with E-state index < -0.39 is 0 Å². The molecular formula is C25H34IN7O. The molecule has 2 aromatic carbocycles. The number of likely N-dealkylation sites (tertiary alicyclic amines) is 1. The maximum atomic E-state index is 5.66. The molecule has 1 saturated heterocycles. The molecule has 4 rings (SSSR count). The SMILES string of the molecule is CN=C(NCc1cccc(Cn2cncn2)c1)NCC(c1ccccc1OC)N1CCCC1.I. The van der Waals surface area contributed by atoms with Gasteiger partial charge in [-0.15, -0.1) is 24.0 Å². The third kappa shape index (κ3) is 6.92. The normalized spacial score (nSPS) is 14.9. The van der Waals surface area contributed by atoms with Crippen LogP contribution in [0, 0.1) is 0 Å². The Morgan fingerprint density at radius 2 is 1.88 bits per heavy atom. The van der Waals surface area contributed by atoms with Gasteiger partial charge in [0.2, 0.25) is 0 Å². The summed E-state index contributed by atoms with van der Waals surface area (Å²) in [7, 11) is 3.55. The Balaban J connectivity index is 0.00000324. The van der Waals surface area contributed by atoms with Crippen LogP contribution in [0.4, 0.5) is 0 Å². The van der Waals surface area contributed by atoms with E-state index in [1.807, 2.05) is 23.9 Å². The lowest BCUT2D eigenvalue weighted by atomic mass is 10.0. The molecule has 0 aliphatic carbocycles. The molecule has 2 heterocycles. The summed E-state index contributed by atoms with van der Waals surface area (Å²) in [6, 6.07) is 17.0. The minimum atomic E-state index is 0. The van der Waals surface area contributed by atoms with Crippen molar-refractivity contribution in [2.75, 3.05) is 33.8 Å². The van der Waals surface area contributed by atoms with Crippen molar-refractivity contribution in [3.05, 3.63) is 77.9 Å². The Labute approximate surface area is 218 Å². The molecule has 1 unspecified atom stereocenters. The predicted octanol–water partition coefficient (Wildman–Crippen LogP) is 3.46. The van der Waals surface area contributed by atoms with E-state index in [2.05, 4.69) is 67.0 Å². The molecule has 1 fully saturated rings. The number of rotatable bonds is 9. The molecule has 9 heteroatoms. The lowest BCUT2D eigenvalue weighted by Gasteiger charge is -2.30. The van der Waals surface area contributed by atoms with Crippen molar-refractivity contribution in [3.8, 4) is 5.75 Å². The average molecular weight is 575 g/mol. The van der Waals surface area contributed by atoms with Gasteiger partial charge in [0.05, 0.1) is 19.7 Å². The number of methoxy groups -OCH3 is 1. The first-order valence-electron chi connectivity index (χ1n) is 11.5. The zero-order valence-corrected chi connectivity index (χ0v) is 22.2. The van der Waals surface area contributed by atoms with Crippen molar-refractivity contribution in [1.82, 2.24) is 30.3 Å². The summed E-state index contributed by atoms with van der Waals surface area (Å²) in [6.45, 7) is 4.36. The van der Waals surface area contributed by atoms with E-state index >= 15 is 0 Å². The molecule has 34 heavy (non-hydrogen) atoms. The number of ether oxygens (including phenoxy) is 1. The summed E-state index contributed by atoms with van der Waals surface area (Å²) in [5.41, 5.74) is 3.59. The molecule has 8 nitrogen and oxygen atoms in total. The van der Waals surface area contributed by atoms with Gasteiger partial charge >= 0.3 is 0 Å². The summed E-state index contributed by atoms with van der Waals surface area (Å²) in [5, 5.41) is 11.2. The molecule has 0 spiro atoms. The average Bonchev–Trinajstić information content (AvgIpc) is 3.56. The van der Waals surface area contributed by atoms with Gasteiger partial charge in [0, 0.05) is 25.7 Å².